The molecule has 0 bridgehead atoms. The van der Waals surface area contributed by atoms with E-state index in [0.717, 1.165) is 31.2 Å². The van der Waals surface area contributed by atoms with E-state index in [9.17, 15) is 0 Å². The Morgan fingerprint density at radius 2 is 2.46 bits per heavy atom. The highest BCUT2D eigenvalue weighted by molar-refractivity contribution is 7.80. The van der Waals surface area contributed by atoms with Gasteiger partial charge in [-0.15, -0.1) is 0 Å². The van der Waals surface area contributed by atoms with Crippen molar-refractivity contribution in [2.75, 3.05) is 26.7 Å². The third-order valence-corrected chi connectivity index (χ3v) is 2.73. The lowest BCUT2D eigenvalue weighted by molar-refractivity contribution is 0.0534. The largest absolute Gasteiger partial charge is 0.380 e. The molecule has 1 fully saturated rings. The van der Waals surface area contributed by atoms with E-state index in [2.05, 4.69) is 17.1 Å². The monoisotopic (exact) mass is 202 g/mol. The van der Waals surface area contributed by atoms with E-state index in [0.29, 0.717) is 6.10 Å². The predicted octanol–water partition coefficient (Wildman–Crippen LogP) is 0.992. The van der Waals surface area contributed by atoms with E-state index in [4.69, 9.17) is 17.0 Å². The Labute approximate surface area is 85.4 Å². The molecular formula is C9H18N2OS. The standard InChI is InChI=1S/C9H18N2OS/c1-3-10-9(13)11-6-4-5-8(7-11)12-2/h8H,3-7H2,1-2H3,(H,10,13). The van der Waals surface area contributed by atoms with Gasteiger partial charge in [0.15, 0.2) is 5.11 Å². The number of piperidine rings is 1. The number of nitrogens with one attached hydrogen (secondary N) is 1. The summed E-state index contributed by atoms with van der Waals surface area (Å²) in [6, 6.07) is 0. The molecule has 1 atom stereocenters. The molecule has 0 saturated carbocycles. The second-order valence-electron chi connectivity index (χ2n) is 3.28. The van der Waals surface area contributed by atoms with Crippen LogP contribution in [0.25, 0.3) is 0 Å². The quantitative estimate of drug-likeness (QED) is 0.675. The molecule has 1 saturated heterocycles. The first-order chi connectivity index (χ1) is 6.27. The van der Waals surface area contributed by atoms with Crippen LogP contribution in [0.1, 0.15) is 19.8 Å². The summed E-state index contributed by atoms with van der Waals surface area (Å²) in [5, 5.41) is 4.03. The van der Waals surface area contributed by atoms with E-state index < -0.39 is 0 Å². The van der Waals surface area contributed by atoms with Crippen LogP contribution in [0, 0.1) is 0 Å². The number of hydrogen-bond donors (Lipinski definition) is 1. The van der Waals surface area contributed by atoms with Gasteiger partial charge in [0, 0.05) is 26.7 Å². The molecule has 0 spiro atoms. The summed E-state index contributed by atoms with van der Waals surface area (Å²) in [4.78, 5) is 2.19. The fraction of sp³-hybridized carbons (Fsp3) is 0.889. The van der Waals surface area contributed by atoms with Crippen LogP contribution in [0.5, 0.6) is 0 Å². The number of methoxy groups -OCH3 is 1. The Morgan fingerprint density at radius 1 is 1.69 bits per heavy atom. The summed E-state index contributed by atoms with van der Waals surface area (Å²) in [5.41, 5.74) is 0. The Balaban J connectivity index is 2.37. The molecule has 1 aliphatic rings. The van der Waals surface area contributed by atoms with E-state index in [1.807, 2.05) is 0 Å². The highest BCUT2D eigenvalue weighted by Crippen LogP contribution is 2.12. The van der Waals surface area contributed by atoms with Crippen LogP contribution in [0.15, 0.2) is 0 Å². The second kappa shape index (κ2) is 5.40. The Kier molecular flexibility index (Phi) is 4.45. The molecule has 3 nitrogen and oxygen atoms in total. The molecule has 0 aromatic rings. The zero-order chi connectivity index (χ0) is 9.68. The summed E-state index contributed by atoms with van der Waals surface area (Å²) in [6.45, 7) is 4.95. The van der Waals surface area contributed by atoms with Gasteiger partial charge >= 0.3 is 0 Å². The van der Waals surface area contributed by atoms with Gasteiger partial charge < -0.3 is 15.0 Å². The SMILES string of the molecule is CCNC(=S)N1CCCC(OC)C1. The van der Waals surface area contributed by atoms with Gasteiger partial charge in [-0.25, -0.2) is 0 Å². The normalized spacial score (nSPS) is 22.9. The molecule has 1 rings (SSSR count). The van der Waals surface area contributed by atoms with E-state index in [1.54, 1.807) is 7.11 Å². The first-order valence-electron chi connectivity index (χ1n) is 4.83. The highest BCUT2D eigenvalue weighted by atomic mass is 32.1. The molecular weight excluding hydrogens is 184 g/mol. The number of likely N-dealkylation sites (tertiary alicyclic amines) is 1. The van der Waals surface area contributed by atoms with Crippen molar-refractivity contribution in [3.8, 4) is 0 Å². The Bertz CT molecular complexity index is 175. The number of thiocarbonyl (C=S) groups is 1. The maximum Gasteiger partial charge on any atom is 0.169 e. The van der Waals surface area contributed by atoms with Crippen LogP contribution in [0.2, 0.25) is 0 Å². The predicted molar refractivity (Wildman–Crippen MR) is 57.9 cm³/mol. The van der Waals surface area contributed by atoms with Crippen molar-refractivity contribution >= 4 is 17.3 Å². The molecule has 1 heterocycles. The Hall–Kier alpha value is -0.350. The summed E-state index contributed by atoms with van der Waals surface area (Å²) in [7, 11) is 1.77. The van der Waals surface area contributed by atoms with Crippen molar-refractivity contribution in [3.05, 3.63) is 0 Å². The van der Waals surface area contributed by atoms with Gasteiger partial charge in [0.05, 0.1) is 6.10 Å². The fourth-order valence-corrected chi connectivity index (χ4v) is 1.89. The van der Waals surface area contributed by atoms with Gasteiger partial charge in [-0.05, 0) is 32.0 Å². The van der Waals surface area contributed by atoms with Crippen molar-refractivity contribution in [2.24, 2.45) is 0 Å². The van der Waals surface area contributed by atoms with Crippen LogP contribution in [-0.4, -0.2) is 42.9 Å². The van der Waals surface area contributed by atoms with Crippen molar-refractivity contribution in [1.82, 2.24) is 10.2 Å². The van der Waals surface area contributed by atoms with Gasteiger partial charge in [-0.3, -0.25) is 0 Å². The van der Waals surface area contributed by atoms with E-state index >= 15 is 0 Å². The van der Waals surface area contributed by atoms with E-state index in [1.165, 1.54) is 6.42 Å². The third kappa shape index (κ3) is 3.12. The molecule has 1 N–H and O–H groups in total. The van der Waals surface area contributed by atoms with Crippen LogP contribution < -0.4 is 5.32 Å². The zero-order valence-corrected chi connectivity index (χ0v) is 9.19. The molecule has 1 aliphatic heterocycles. The Morgan fingerprint density at radius 3 is 3.08 bits per heavy atom. The van der Waals surface area contributed by atoms with Crippen LogP contribution in [-0.2, 0) is 4.74 Å². The minimum absolute atomic E-state index is 0.352. The van der Waals surface area contributed by atoms with Crippen LogP contribution in [0.3, 0.4) is 0 Å². The molecule has 0 aromatic carbocycles. The van der Waals surface area contributed by atoms with Crippen molar-refractivity contribution in [2.45, 2.75) is 25.9 Å². The number of ether oxygens (including phenoxy) is 1. The molecule has 0 radical (unpaired) electrons. The summed E-state index contributed by atoms with van der Waals surface area (Å²) >= 11 is 5.23. The smallest absolute Gasteiger partial charge is 0.169 e. The molecule has 0 amide bonds. The minimum Gasteiger partial charge on any atom is -0.380 e. The van der Waals surface area contributed by atoms with Crippen LogP contribution in [0.4, 0.5) is 0 Å². The number of hydrogen-bond acceptors (Lipinski definition) is 2. The molecule has 1 unspecified atom stereocenters. The van der Waals surface area contributed by atoms with Crippen molar-refractivity contribution < 1.29 is 4.74 Å². The second-order valence-corrected chi connectivity index (χ2v) is 3.67. The lowest BCUT2D eigenvalue weighted by Gasteiger charge is -2.33. The maximum absolute atomic E-state index is 5.32. The molecule has 4 heteroatoms. The van der Waals surface area contributed by atoms with Crippen molar-refractivity contribution in [3.63, 3.8) is 0 Å². The van der Waals surface area contributed by atoms with Gasteiger partial charge in [0.25, 0.3) is 0 Å². The van der Waals surface area contributed by atoms with Gasteiger partial charge in [0.1, 0.15) is 0 Å². The molecule has 0 aromatic heterocycles. The lowest BCUT2D eigenvalue weighted by Crippen LogP contribution is -2.47. The first kappa shape index (κ1) is 10.7. The van der Waals surface area contributed by atoms with Gasteiger partial charge in [-0.1, -0.05) is 0 Å². The molecule has 76 valence electrons. The minimum atomic E-state index is 0.352. The van der Waals surface area contributed by atoms with Gasteiger partial charge in [0.2, 0.25) is 0 Å². The fourth-order valence-electron chi connectivity index (χ4n) is 1.58. The average Bonchev–Trinajstić information content (AvgIpc) is 2.18. The molecule has 0 aliphatic carbocycles. The summed E-state index contributed by atoms with van der Waals surface area (Å²) in [5.74, 6) is 0. The summed E-state index contributed by atoms with van der Waals surface area (Å²) < 4.78 is 5.32. The average molecular weight is 202 g/mol. The van der Waals surface area contributed by atoms with E-state index in [-0.39, 0.29) is 0 Å². The number of nitrogens with zero attached hydrogens (tertiary/aromatic N) is 1. The highest BCUT2D eigenvalue weighted by Gasteiger charge is 2.20. The third-order valence-electron chi connectivity index (χ3n) is 2.33. The maximum atomic E-state index is 5.32. The van der Waals surface area contributed by atoms with Crippen LogP contribution >= 0.6 is 12.2 Å². The van der Waals surface area contributed by atoms with Gasteiger partial charge in [-0.2, -0.15) is 0 Å². The molecule has 13 heavy (non-hydrogen) atoms. The zero-order valence-electron chi connectivity index (χ0n) is 8.38. The summed E-state index contributed by atoms with van der Waals surface area (Å²) in [6.07, 6.45) is 2.68. The lowest BCUT2D eigenvalue weighted by atomic mass is 10.1. The number of rotatable bonds is 2. The first-order valence-corrected chi connectivity index (χ1v) is 5.24. The van der Waals surface area contributed by atoms with Crippen molar-refractivity contribution in [1.29, 1.82) is 0 Å². The topological polar surface area (TPSA) is 24.5 Å².